The van der Waals surface area contributed by atoms with Crippen LogP contribution in [0.4, 0.5) is 0 Å². The van der Waals surface area contributed by atoms with E-state index in [1.54, 1.807) is 0 Å². The highest BCUT2D eigenvalue weighted by atomic mass is 15.3. The van der Waals surface area contributed by atoms with Gasteiger partial charge in [0.05, 0.1) is 5.66 Å². The van der Waals surface area contributed by atoms with Gasteiger partial charge in [-0.2, -0.15) is 0 Å². The summed E-state index contributed by atoms with van der Waals surface area (Å²) in [6, 6.07) is 0. The predicted octanol–water partition coefficient (Wildman–Crippen LogP) is 0.381. The molecule has 3 heteroatoms. The van der Waals surface area contributed by atoms with Gasteiger partial charge >= 0.3 is 0 Å². The molecule has 76 valence electrons. The van der Waals surface area contributed by atoms with E-state index in [-0.39, 0.29) is 5.66 Å². The standard InChI is InChI=1S/C10H21N3/c1-2-13-8-3-5-10(9-13)11-6-4-7-12-10/h11-12H,2-9H2,1H3. The molecule has 13 heavy (non-hydrogen) atoms. The molecule has 0 radical (unpaired) electrons. The zero-order chi connectivity index (χ0) is 9.15. The third kappa shape index (κ3) is 2.03. The lowest BCUT2D eigenvalue weighted by Gasteiger charge is -2.46. The predicted molar refractivity (Wildman–Crippen MR) is 54.7 cm³/mol. The lowest BCUT2D eigenvalue weighted by atomic mass is 9.96. The van der Waals surface area contributed by atoms with Crippen molar-refractivity contribution in [3.05, 3.63) is 0 Å². The maximum Gasteiger partial charge on any atom is 0.0818 e. The van der Waals surface area contributed by atoms with Crippen LogP contribution in [-0.2, 0) is 0 Å². The number of hydrogen-bond acceptors (Lipinski definition) is 3. The highest BCUT2D eigenvalue weighted by molar-refractivity contribution is 4.94. The Labute approximate surface area is 80.9 Å². The molecule has 0 aromatic carbocycles. The molecule has 2 aliphatic rings. The van der Waals surface area contributed by atoms with Gasteiger partial charge in [-0.3, -0.25) is 10.6 Å². The summed E-state index contributed by atoms with van der Waals surface area (Å²) >= 11 is 0. The third-order valence-electron chi connectivity index (χ3n) is 3.30. The fourth-order valence-corrected chi connectivity index (χ4v) is 2.51. The van der Waals surface area contributed by atoms with Crippen molar-refractivity contribution >= 4 is 0 Å². The van der Waals surface area contributed by atoms with Crippen LogP contribution in [0.3, 0.4) is 0 Å². The van der Waals surface area contributed by atoms with E-state index in [4.69, 9.17) is 0 Å². The van der Waals surface area contributed by atoms with Crippen molar-refractivity contribution in [1.29, 1.82) is 0 Å². The van der Waals surface area contributed by atoms with Crippen LogP contribution < -0.4 is 10.6 Å². The molecule has 0 saturated carbocycles. The van der Waals surface area contributed by atoms with Gasteiger partial charge in [0, 0.05) is 6.54 Å². The normalized spacial score (nSPS) is 29.3. The van der Waals surface area contributed by atoms with Gasteiger partial charge in [0.2, 0.25) is 0 Å². The fraction of sp³-hybridized carbons (Fsp3) is 1.00. The van der Waals surface area contributed by atoms with Gasteiger partial charge in [0.15, 0.2) is 0 Å². The van der Waals surface area contributed by atoms with Crippen LogP contribution in [0.2, 0.25) is 0 Å². The number of likely N-dealkylation sites (N-methyl/N-ethyl adjacent to an activating group) is 1. The smallest absolute Gasteiger partial charge is 0.0818 e. The topological polar surface area (TPSA) is 27.3 Å². The first-order valence-corrected chi connectivity index (χ1v) is 5.57. The molecule has 0 unspecified atom stereocenters. The average Bonchev–Trinajstić information content (AvgIpc) is 2.19. The quantitative estimate of drug-likeness (QED) is 0.615. The molecule has 2 aliphatic heterocycles. The number of nitrogens with one attached hydrogen (secondary N) is 2. The van der Waals surface area contributed by atoms with Gasteiger partial charge in [-0.15, -0.1) is 0 Å². The molecular weight excluding hydrogens is 162 g/mol. The molecule has 1 spiro atoms. The highest BCUT2D eigenvalue weighted by Gasteiger charge is 2.35. The molecule has 2 rings (SSSR count). The van der Waals surface area contributed by atoms with E-state index in [1.165, 1.54) is 52.0 Å². The first-order chi connectivity index (χ1) is 6.35. The Morgan fingerprint density at radius 3 is 2.69 bits per heavy atom. The van der Waals surface area contributed by atoms with Crippen LogP contribution >= 0.6 is 0 Å². The lowest BCUT2D eigenvalue weighted by molar-refractivity contribution is 0.0849. The molecule has 0 amide bonds. The van der Waals surface area contributed by atoms with Gasteiger partial charge in [-0.25, -0.2) is 0 Å². The van der Waals surface area contributed by atoms with Crippen molar-refractivity contribution in [2.45, 2.75) is 31.8 Å². The number of nitrogens with zero attached hydrogens (tertiary/aromatic N) is 1. The van der Waals surface area contributed by atoms with Crippen molar-refractivity contribution in [2.24, 2.45) is 0 Å². The number of hydrogen-bond donors (Lipinski definition) is 2. The summed E-state index contributed by atoms with van der Waals surface area (Å²) in [7, 11) is 0. The number of piperidine rings is 1. The fourth-order valence-electron chi connectivity index (χ4n) is 2.51. The zero-order valence-corrected chi connectivity index (χ0v) is 8.60. The summed E-state index contributed by atoms with van der Waals surface area (Å²) in [5.74, 6) is 0. The van der Waals surface area contributed by atoms with E-state index >= 15 is 0 Å². The van der Waals surface area contributed by atoms with E-state index < -0.39 is 0 Å². The summed E-state index contributed by atoms with van der Waals surface area (Å²) in [4.78, 5) is 2.54. The molecule has 2 heterocycles. The monoisotopic (exact) mass is 183 g/mol. The summed E-state index contributed by atoms with van der Waals surface area (Å²) in [5.41, 5.74) is 0.256. The Hall–Kier alpha value is -0.120. The van der Waals surface area contributed by atoms with Crippen molar-refractivity contribution in [3.63, 3.8) is 0 Å². The first kappa shape index (κ1) is 9.44. The van der Waals surface area contributed by atoms with Crippen LogP contribution in [0.5, 0.6) is 0 Å². The minimum Gasteiger partial charge on any atom is -0.300 e. The second-order valence-electron chi connectivity index (χ2n) is 4.26. The zero-order valence-electron chi connectivity index (χ0n) is 8.60. The Morgan fingerprint density at radius 1 is 1.23 bits per heavy atom. The van der Waals surface area contributed by atoms with Gasteiger partial charge in [0.1, 0.15) is 0 Å². The molecule has 0 aliphatic carbocycles. The van der Waals surface area contributed by atoms with Crippen molar-refractivity contribution in [1.82, 2.24) is 15.5 Å². The summed E-state index contributed by atoms with van der Waals surface area (Å²) in [5, 5.41) is 7.29. The molecule has 0 bridgehead atoms. The summed E-state index contributed by atoms with van der Waals surface area (Å²) in [6.07, 6.45) is 3.89. The van der Waals surface area contributed by atoms with E-state index in [0.717, 1.165) is 0 Å². The van der Waals surface area contributed by atoms with Crippen LogP contribution in [-0.4, -0.2) is 43.3 Å². The molecule has 3 nitrogen and oxygen atoms in total. The van der Waals surface area contributed by atoms with Gasteiger partial charge < -0.3 is 4.90 Å². The minimum atomic E-state index is 0.256. The van der Waals surface area contributed by atoms with E-state index in [0.29, 0.717) is 0 Å². The van der Waals surface area contributed by atoms with Gasteiger partial charge in [-0.1, -0.05) is 6.92 Å². The maximum absolute atomic E-state index is 3.65. The van der Waals surface area contributed by atoms with Crippen molar-refractivity contribution < 1.29 is 0 Å². The van der Waals surface area contributed by atoms with Crippen LogP contribution in [0.15, 0.2) is 0 Å². The molecule has 2 saturated heterocycles. The number of rotatable bonds is 1. The van der Waals surface area contributed by atoms with Crippen LogP contribution in [0, 0.1) is 0 Å². The Bertz CT molecular complexity index is 158. The lowest BCUT2D eigenvalue weighted by Crippen LogP contribution is -2.68. The molecule has 0 aromatic rings. The second kappa shape index (κ2) is 3.95. The first-order valence-electron chi connectivity index (χ1n) is 5.57. The van der Waals surface area contributed by atoms with Crippen LogP contribution in [0.25, 0.3) is 0 Å². The number of likely N-dealkylation sites (tertiary alicyclic amines) is 1. The highest BCUT2D eigenvalue weighted by Crippen LogP contribution is 2.20. The van der Waals surface area contributed by atoms with Crippen molar-refractivity contribution in [2.75, 3.05) is 32.7 Å². The van der Waals surface area contributed by atoms with Gasteiger partial charge in [0.25, 0.3) is 0 Å². The molecule has 0 atom stereocenters. The Balaban J connectivity index is 1.95. The average molecular weight is 183 g/mol. The Kier molecular flexibility index (Phi) is 2.86. The van der Waals surface area contributed by atoms with E-state index in [2.05, 4.69) is 22.5 Å². The van der Waals surface area contributed by atoms with Crippen LogP contribution in [0.1, 0.15) is 26.2 Å². The second-order valence-corrected chi connectivity index (χ2v) is 4.26. The molecule has 2 N–H and O–H groups in total. The summed E-state index contributed by atoms with van der Waals surface area (Å²) < 4.78 is 0. The largest absolute Gasteiger partial charge is 0.300 e. The summed E-state index contributed by atoms with van der Waals surface area (Å²) in [6.45, 7) is 8.27. The molecule has 0 aromatic heterocycles. The van der Waals surface area contributed by atoms with E-state index in [9.17, 15) is 0 Å². The maximum atomic E-state index is 3.65. The third-order valence-corrected chi connectivity index (χ3v) is 3.30. The Morgan fingerprint density at radius 2 is 2.00 bits per heavy atom. The SMILES string of the molecule is CCN1CCCC2(C1)NCCCN2. The van der Waals surface area contributed by atoms with Crippen molar-refractivity contribution in [3.8, 4) is 0 Å². The molecule has 2 fully saturated rings. The minimum absolute atomic E-state index is 0.256. The molecular formula is C10H21N3. The van der Waals surface area contributed by atoms with E-state index in [1.807, 2.05) is 0 Å². The van der Waals surface area contributed by atoms with Gasteiger partial charge in [-0.05, 0) is 45.4 Å².